The average molecular weight is 475 g/mol. The first-order chi connectivity index (χ1) is 16.1. The predicted molar refractivity (Wildman–Crippen MR) is 133 cm³/mol. The summed E-state index contributed by atoms with van der Waals surface area (Å²) < 4.78 is 1.78. The van der Waals surface area contributed by atoms with Crippen LogP contribution in [0, 0.1) is 11.3 Å². The maximum atomic E-state index is 13.3. The van der Waals surface area contributed by atoms with Gasteiger partial charge in [-0.2, -0.15) is 5.26 Å². The Balaban J connectivity index is 1.46. The summed E-state index contributed by atoms with van der Waals surface area (Å²) in [6.45, 7) is 0. The number of nitrogens with zero attached hydrogens (tertiary/aromatic N) is 4. The van der Waals surface area contributed by atoms with E-state index in [2.05, 4.69) is 6.07 Å². The van der Waals surface area contributed by atoms with Gasteiger partial charge >= 0.3 is 0 Å². The van der Waals surface area contributed by atoms with Gasteiger partial charge in [-0.25, -0.2) is 4.98 Å². The van der Waals surface area contributed by atoms with Gasteiger partial charge in [-0.05, 0) is 37.1 Å². The summed E-state index contributed by atoms with van der Waals surface area (Å²) in [5.74, 6) is -0.209. The fourth-order valence-corrected chi connectivity index (χ4v) is 6.56. The van der Waals surface area contributed by atoms with Crippen LogP contribution in [0.4, 0.5) is 5.69 Å². The highest BCUT2D eigenvalue weighted by atomic mass is 32.2. The molecule has 2 aromatic carbocycles. The number of hydrogen-bond donors (Lipinski definition) is 0. The lowest BCUT2D eigenvalue weighted by Crippen LogP contribution is -2.27. The van der Waals surface area contributed by atoms with Crippen molar-refractivity contribution in [3.05, 3.63) is 69.5 Å². The topological polar surface area (TPSA) is 79.0 Å². The number of thioether (sulfide) groups is 2. The summed E-state index contributed by atoms with van der Waals surface area (Å²) in [6.07, 6.45) is 4.05. The van der Waals surface area contributed by atoms with E-state index in [0.717, 1.165) is 36.3 Å². The standard InChI is InChI=1S/C25H22N4O2S2/c1-28-20-12-6-7-13-22(20)33-24(28)18(14-26)21(30)15-32-25-27-19-11-5-4-10-17(19)23(31)29(25)16-8-2-3-9-16/h4-7,10-13,16H,2-3,8-9,15H2,1H3/b24-18-. The van der Waals surface area contributed by atoms with Gasteiger partial charge in [-0.3, -0.25) is 14.2 Å². The molecule has 166 valence electrons. The van der Waals surface area contributed by atoms with Gasteiger partial charge < -0.3 is 4.90 Å². The Morgan fingerprint density at radius 1 is 1.18 bits per heavy atom. The van der Waals surface area contributed by atoms with Gasteiger partial charge in [0.1, 0.15) is 16.7 Å². The third kappa shape index (κ3) is 3.96. The van der Waals surface area contributed by atoms with Crippen LogP contribution < -0.4 is 10.5 Å². The smallest absolute Gasteiger partial charge is 0.262 e. The van der Waals surface area contributed by atoms with Crippen molar-refractivity contribution >= 4 is 45.9 Å². The van der Waals surface area contributed by atoms with Crippen LogP contribution in [-0.4, -0.2) is 28.1 Å². The summed E-state index contributed by atoms with van der Waals surface area (Å²) in [5.41, 5.74) is 1.70. The molecule has 6 nitrogen and oxygen atoms in total. The molecule has 2 aliphatic rings. The van der Waals surface area contributed by atoms with Crippen LogP contribution in [-0.2, 0) is 4.79 Å². The zero-order valence-electron chi connectivity index (χ0n) is 18.2. The normalized spacial score (nSPS) is 17.3. The van der Waals surface area contributed by atoms with E-state index in [1.807, 2.05) is 54.4 Å². The molecule has 0 amide bonds. The lowest BCUT2D eigenvalue weighted by molar-refractivity contribution is -0.112. The zero-order valence-corrected chi connectivity index (χ0v) is 19.8. The first-order valence-electron chi connectivity index (χ1n) is 10.9. The third-order valence-electron chi connectivity index (χ3n) is 6.14. The quantitative estimate of drug-likeness (QED) is 0.219. The van der Waals surface area contributed by atoms with Crippen molar-refractivity contribution in [2.24, 2.45) is 0 Å². The van der Waals surface area contributed by atoms with Crippen molar-refractivity contribution in [2.75, 3.05) is 17.7 Å². The maximum absolute atomic E-state index is 13.3. The number of Topliss-reactive ketones (excluding diaryl/α,β-unsaturated/α-hetero) is 1. The van der Waals surface area contributed by atoms with Crippen LogP contribution in [0.2, 0.25) is 0 Å². The fourth-order valence-electron chi connectivity index (χ4n) is 4.46. The highest BCUT2D eigenvalue weighted by Crippen LogP contribution is 2.46. The molecule has 5 rings (SSSR count). The van der Waals surface area contributed by atoms with Crippen molar-refractivity contribution in [1.29, 1.82) is 5.26 Å². The number of carbonyl (C=O) groups excluding carboxylic acids is 1. The molecular formula is C25H22N4O2S2. The number of carbonyl (C=O) groups is 1. The Bertz CT molecular complexity index is 1380. The highest BCUT2D eigenvalue weighted by Gasteiger charge is 2.29. The van der Waals surface area contributed by atoms with Crippen molar-refractivity contribution < 1.29 is 4.79 Å². The van der Waals surface area contributed by atoms with Gasteiger partial charge in [-0.15, -0.1) is 0 Å². The van der Waals surface area contributed by atoms with Crippen molar-refractivity contribution in [1.82, 2.24) is 9.55 Å². The molecule has 0 atom stereocenters. The molecular weight excluding hydrogens is 452 g/mol. The predicted octanol–water partition coefficient (Wildman–Crippen LogP) is 5.15. The Hall–Kier alpha value is -3.02. The summed E-state index contributed by atoms with van der Waals surface area (Å²) in [6, 6.07) is 17.4. The third-order valence-corrected chi connectivity index (χ3v) is 8.33. The first kappa shape index (κ1) is 21.8. The number of rotatable bonds is 5. The molecule has 1 saturated carbocycles. The molecule has 0 spiro atoms. The fraction of sp³-hybridized carbons (Fsp3) is 0.280. The van der Waals surface area contributed by atoms with E-state index in [-0.39, 0.29) is 28.7 Å². The Labute approximate surface area is 200 Å². The molecule has 0 bridgehead atoms. The van der Waals surface area contributed by atoms with Gasteiger partial charge in [0.25, 0.3) is 5.56 Å². The molecule has 2 heterocycles. The Morgan fingerprint density at radius 2 is 1.91 bits per heavy atom. The van der Waals surface area contributed by atoms with E-state index >= 15 is 0 Å². The summed E-state index contributed by atoms with van der Waals surface area (Å²) in [5, 5.41) is 11.6. The molecule has 1 aromatic heterocycles. The number of hydrogen-bond acceptors (Lipinski definition) is 7. The van der Waals surface area contributed by atoms with Gasteiger partial charge in [-0.1, -0.05) is 60.6 Å². The lowest BCUT2D eigenvalue weighted by atomic mass is 10.2. The lowest BCUT2D eigenvalue weighted by Gasteiger charge is -2.18. The van der Waals surface area contributed by atoms with Gasteiger partial charge in [0.15, 0.2) is 10.9 Å². The molecule has 33 heavy (non-hydrogen) atoms. The monoisotopic (exact) mass is 474 g/mol. The van der Waals surface area contributed by atoms with Crippen molar-refractivity contribution in [3.63, 3.8) is 0 Å². The minimum absolute atomic E-state index is 0.0502. The Morgan fingerprint density at radius 3 is 2.67 bits per heavy atom. The minimum Gasteiger partial charge on any atom is -0.337 e. The number of nitriles is 1. The van der Waals surface area contributed by atoms with Crippen LogP contribution in [0.5, 0.6) is 0 Å². The second-order valence-corrected chi connectivity index (χ2v) is 10.1. The van der Waals surface area contributed by atoms with Crippen molar-refractivity contribution in [3.8, 4) is 6.07 Å². The Kier molecular flexibility index (Phi) is 6.00. The van der Waals surface area contributed by atoms with Crippen LogP contribution >= 0.6 is 23.5 Å². The number of allylic oxidation sites excluding steroid dienone is 1. The van der Waals surface area contributed by atoms with E-state index in [1.54, 1.807) is 10.6 Å². The summed E-state index contributed by atoms with van der Waals surface area (Å²) in [4.78, 5) is 34.1. The molecule has 3 aromatic rings. The molecule has 0 radical (unpaired) electrons. The molecule has 1 aliphatic carbocycles. The SMILES string of the molecule is CN1/C(=C(\C#N)C(=O)CSc2nc3ccccc3c(=O)n2C2CCCC2)Sc2ccccc21. The number of para-hydroxylation sites is 2. The van der Waals surface area contributed by atoms with Crippen molar-refractivity contribution in [2.45, 2.75) is 41.8 Å². The second-order valence-electron chi connectivity index (χ2n) is 8.16. The number of benzene rings is 2. The van der Waals surface area contributed by atoms with Crippen LogP contribution in [0.25, 0.3) is 10.9 Å². The average Bonchev–Trinajstić information content (AvgIpc) is 3.47. The van der Waals surface area contributed by atoms with E-state index in [4.69, 9.17) is 4.98 Å². The second kappa shape index (κ2) is 9.08. The zero-order chi connectivity index (χ0) is 22.9. The van der Waals surface area contributed by atoms with Gasteiger partial charge in [0, 0.05) is 18.0 Å². The van der Waals surface area contributed by atoms with E-state index in [1.165, 1.54) is 23.5 Å². The summed E-state index contributed by atoms with van der Waals surface area (Å²) >= 11 is 2.68. The maximum Gasteiger partial charge on any atom is 0.262 e. The number of anilines is 1. The van der Waals surface area contributed by atoms with Crippen LogP contribution in [0.15, 0.2) is 74.0 Å². The molecule has 1 aliphatic heterocycles. The largest absolute Gasteiger partial charge is 0.337 e. The van der Waals surface area contributed by atoms with E-state index in [0.29, 0.717) is 21.1 Å². The number of ketones is 1. The van der Waals surface area contributed by atoms with Gasteiger partial charge in [0.2, 0.25) is 0 Å². The molecule has 0 N–H and O–H groups in total. The number of aromatic nitrogens is 2. The highest BCUT2D eigenvalue weighted by molar-refractivity contribution is 8.03. The first-order valence-corrected chi connectivity index (χ1v) is 12.7. The molecule has 0 saturated heterocycles. The summed E-state index contributed by atoms with van der Waals surface area (Å²) in [7, 11) is 1.87. The van der Waals surface area contributed by atoms with E-state index in [9.17, 15) is 14.9 Å². The minimum atomic E-state index is -0.259. The van der Waals surface area contributed by atoms with Gasteiger partial charge in [0.05, 0.1) is 22.3 Å². The van der Waals surface area contributed by atoms with E-state index < -0.39 is 0 Å². The van der Waals surface area contributed by atoms with Crippen LogP contribution in [0.1, 0.15) is 31.7 Å². The molecule has 0 unspecified atom stereocenters. The number of fused-ring (bicyclic) bond motifs is 2. The molecule has 1 fully saturated rings. The van der Waals surface area contributed by atoms with Crippen LogP contribution in [0.3, 0.4) is 0 Å². The molecule has 8 heteroatoms.